The molecule has 0 heteroatoms. The minimum atomic E-state index is 1.01. The van der Waals surface area contributed by atoms with Crippen molar-refractivity contribution in [2.24, 2.45) is 0 Å². The van der Waals surface area contributed by atoms with E-state index in [2.05, 4.69) is 198 Å². The van der Waals surface area contributed by atoms with E-state index < -0.39 is 0 Å². The monoisotopic (exact) mass is 902 g/mol. The summed E-state index contributed by atoms with van der Waals surface area (Å²) in [5, 5.41) is 24.5. The molecule has 0 atom stereocenters. The maximum atomic E-state index is 2.53. The predicted molar refractivity (Wildman–Crippen MR) is 308 cm³/mol. The molecule has 14 aromatic rings. The van der Waals surface area contributed by atoms with Crippen LogP contribution >= 0.6 is 0 Å². The molecule has 16 rings (SSSR count). The summed E-state index contributed by atoms with van der Waals surface area (Å²) in [5.74, 6) is 0. The highest BCUT2D eigenvalue weighted by atomic mass is 14.3. The summed E-state index contributed by atoms with van der Waals surface area (Å²) >= 11 is 0. The molecule has 2 aliphatic carbocycles. The van der Waals surface area contributed by atoms with Gasteiger partial charge in [0.1, 0.15) is 0 Å². The molecule has 0 aliphatic heterocycles. The molecule has 0 bridgehead atoms. The predicted octanol–water partition coefficient (Wildman–Crippen LogP) is 20.1. The second-order valence-electron chi connectivity index (χ2n) is 20.8. The summed E-state index contributed by atoms with van der Waals surface area (Å²) in [7, 11) is 0. The Hall–Kier alpha value is -8.06. The maximum absolute atomic E-state index is 2.53. The third-order valence-corrected chi connectivity index (χ3v) is 17.7. The lowest BCUT2D eigenvalue weighted by Crippen LogP contribution is -1.98. The molecule has 0 nitrogen and oxygen atoms in total. The zero-order valence-corrected chi connectivity index (χ0v) is 40.9. The Balaban J connectivity index is 0.880. The lowest BCUT2D eigenvalue weighted by Gasteiger charge is -2.19. The SMILES string of the molecule is CCc1ccc(CC)c2c1-c1cccc3c(-c4ccc5c6cc7c(cc6c6cccc4c65)c4cccc5c(-c6ccc8c9c(cccc69)-c6c-8c(CC)c8c(C)cccc8c6CC)ccc7c54)ccc-2c13. The van der Waals surface area contributed by atoms with Crippen LogP contribution in [-0.4, -0.2) is 0 Å². The molecule has 0 unspecified atom stereocenters. The van der Waals surface area contributed by atoms with E-state index in [1.54, 1.807) is 0 Å². The van der Waals surface area contributed by atoms with Crippen molar-refractivity contribution in [2.75, 3.05) is 0 Å². The quantitative estimate of drug-likeness (QED) is 0.156. The fraction of sp³-hybridized carbons (Fsp3) is 0.127. The van der Waals surface area contributed by atoms with Crippen molar-refractivity contribution in [2.45, 2.75) is 60.3 Å². The molecular weight excluding hydrogens is 853 g/mol. The van der Waals surface area contributed by atoms with Crippen molar-refractivity contribution in [3.8, 4) is 66.8 Å². The van der Waals surface area contributed by atoms with Crippen LogP contribution in [0, 0.1) is 6.92 Å². The molecule has 0 aromatic heterocycles. The van der Waals surface area contributed by atoms with Gasteiger partial charge in [-0.25, -0.2) is 0 Å². The van der Waals surface area contributed by atoms with Gasteiger partial charge in [0, 0.05) is 0 Å². The van der Waals surface area contributed by atoms with Crippen molar-refractivity contribution in [3.63, 3.8) is 0 Å². The van der Waals surface area contributed by atoms with Crippen LogP contribution in [0.1, 0.15) is 55.5 Å². The molecule has 0 fully saturated rings. The number of rotatable bonds is 6. The summed E-state index contributed by atoms with van der Waals surface area (Å²) in [6.07, 6.45) is 4.08. The Morgan fingerprint density at radius 2 is 0.592 bits per heavy atom. The first-order valence-electron chi connectivity index (χ1n) is 26.2. The van der Waals surface area contributed by atoms with Gasteiger partial charge >= 0.3 is 0 Å². The fourth-order valence-corrected chi connectivity index (χ4v) is 14.9. The number of hydrogen-bond acceptors (Lipinski definition) is 0. The molecule has 0 saturated carbocycles. The van der Waals surface area contributed by atoms with Crippen LogP contribution in [-0.2, 0) is 25.7 Å². The molecule has 14 aromatic carbocycles. The lowest BCUT2D eigenvalue weighted by molar-refractivity contribution is 1.11. The normalized spacial score (nSPS) is 12.8. The minimum absolute atomic E-state index is 1.01. The average molecular weight is 903 g/mol. The molecule has 0 amide bonds. The van der Waals surface area contributed by atoms with Crippen LogP contribution in [0.3, 0.4) is 0 Å². The minimum Gasteiger partial charge on any atom is -0.0614 e. The van der Waals surface area contributed by atoms with Crippen LogP contribution in [0.5, 0.6) is 0 Å². The smallest absolute Gasteiger partial charge is 0.00199 e. The Labute approximate surface area is 413 Å². The van der Waals surface area contributed by atoms with Gasteiger partial charge in [-0.1, -0.05) is 179 Å². The van der Waals surface area contributed by atoms with E-state index in [1.165, 1.54) is 192 Å². The van der Waals surface area contributed by atoms with E-state index in [1.807, 2.05) is 0 Å². The molecule has 0 N–H and O–H groups in total. The van der Waals surface area contributed by atoms with E-state index in [0.717, 1.165) is 25.7 Å². The third-order valence-electron chi connectivity index (χ3n) is 17.7. The molecule has 334 valence electrons. The molecule has 0 heterocycles. The number of hydrogen-bond donors (Lipinski definition) is 0. The summed E-state index contributed by atoms with van der Waals surface area (Å²) in [6, 6.07) is 64.3. The lowest BCUT2D eigenvalue weighted by atomic mass is 9.84. The molecule has 0 spiro atoms. The first-order valence-corrected chi connectivity index (χ1v) is 26.2. The van der Waals surface area contributed by atoms with Gasteiger partial charge in [0.2, 0.25) is 0 Å². The first kappa shape index (κ1) is 39.8. The van der Waals surface area contributed by atoms with Crippen molar-refractivity contribution in [1.29, 1.82) is 0 Å². The molecule has 2 aliphatic rings. The van der Waals surface area contributed by atoms with E-state index in [9.17, 15) is 0 Å². The zero-order valence-electron chi connectivity index (χ0n) is 40.9. The van der Waals surface area contributed by atoms with E-state index in [4.69, 9.17) is 0 Å². The summed E-state index contributed by atoms with van der Waals surface area (Å²) < 4.78 is 0. The molecular formula is C71H50. The van der Waals surface area contributed by atoms with Crippen molar-refractivity contribution in [1.82, 2.24) is 0 Å². The number of benzene rings is 12. The van der Waals surface area contributed by atoms with Gasteiger partial charge in [-0.05, 0) is 236 Å². The second kappa shape index (κ2) is 14.1. The van der Waals surface area contributed by atoms with Gasteiger partial charge in [0.05, 0.1) is 0 Å². The van der Waals surface area contributed by atoms with Crippen LogP contribution in [0.15, 0.2) is 164 Å². The van der Waals surface area contributed by atoms with Gasteiger partial charge in [-0.3, -0.25) is 0 Å². The first-order chi connectivity index (χ1) is 35.0. The largest absolute Gasteiger partial charge is 0.0614 e. The summed E-state index contributed by atoms with van der Waals surface area (Å²) in [6.45, 7) is 11.6. The van der Waals surface area contributed by atoms with E-state index in [0.29, 0.717) is 0 Å². The maximum Gasteiger partial charge on any atom is -0.00199 e. The molecule has 0 saturated heterocycles. The number of fused-ring (bicyclic) bond motifs is 13. The third kappa shape index (κ3) is 4.82. The van der Waals surface area contributed by atoms with Gasteiger partial charge in [-0.2, -0.15) is 0 Å². The molecule has 0 radical (unpaired) electrons. The topological polar surface area (TPSA) is 0 Å². The highest BCUT2D eigenvalue weighted by molar-refractivity contribution is 6.39. The van der Waals surface area contributed by atoms with Crippen molar-refractivity contribution >= 4 is 97.0 Å². The Bertz CT molecular complexity index is 4640. The Morgan fingerprint density at radius 3 is 1.08 bits per heavy atom. The Kier molecular flexibility index (Phi) is 7.87. The van der Waals surface area contributed by atoms with Crippen molar-refractivity contribution < 1.29 is 0 Å². The van der Waals surface area contributed by atoms with Crippen molar-refractivity contribution in [3.05, 3.63) is 192 Å². The number of aryl methyl sites for hydroxylation is 5. The highest BCUT2D eigenvalue weighted by Gasteiger charge is 2.31. The van der Waals surface area contributed by atoms with Crippen LogP contribution in [0.2, 0.25) is 0 Å². The van der Waals surface area contributed by atoms with Crippen LogP contribution in [0.25, 0.3) is 164 Å². The Morgan fingerprint density at radius 1 is 0.239 bits per heavy atom. The van der Waals surface area contributed by atoms with Gasteiger partial charge in [0.25, 0.3) is 0 Å². The average Bonchev–Trinajstić information content (AvgIpc) is 4.14. The van der Waals surface area contributed by atoms with E-state index in [-0.39, 0.29) is 0 Å². The summed E-state index contributed by atoms with van der Waals surface area (Å²) in [5.41, 5.74) is 23.9. The summed E-state index contributed by atoms with van der Waals surface area (Å²) in [4.78, 5) is 0. The van der Waals surface area contributed by atoms with Gasteiger partial charge in [0.15, 0.2) is 0 Å². The standard InChI is InChI=1S/C71H50/c1-6-38-25-26-39(7-2)65-57-33-29-44(49-19-13-23-55(64(38)65)68(49)57)42-27-31-53-61-36-62-54-32-28-43(48-18-12-22-52(67(48)54)60(62)35-59(61)51-21-11-17-47(42)66(51)53)45-30-34-58-69-50(45)20-14-24-56(69)70-40(8-3)46-16-10-15-37(5)63(46)41(9-4)71(58)70/h10-36H,6-9H2,1-5H3. The molecule has 71 heavy (non-hydrogen) atoms. The second-order valence-corrected chi connectivity index (χ2v) is 20.8. The van der Waals surface area contributed by atoms with Crippen LogP contribution in [0.4, 0.5) is 0 Å². The van der Waals surface area contributed by atoms with Crippen LogP contribution < -0.4 is 0 Å². The fourth-order valence-electron chi connectivity index (χ4n) is 14.9. The zero-order chi connectivity index (χ0) is 47.1. The van der Waals surface area contributed by atoms with Gasteiger partial charge < -0.3 is 0 Å². The highest BCUT2D eigenvalue weighted by Crippen LogP contribution is 2.57. The van der Waals surface area contributed by atoms with E-state index >= 15 is 0 Å². The van der Waals surface area contributed by atoms with Gasteiger partial charge in [-0.15, -0.1) is 0 Å².